The topological polar surface area (TPSA) is 73.9 Å². The van der Waals surface area contributed by atoms with Crippen LogP contribution < -0.4 is 5.32 Å². The molecule has 1 atom stereocenters. The van der Waals surface area contributed by atoms with E-state index in [4.69, 9.17) is 14.2 Å². The second-order valence-corrected chi connectivity index (χ2v) is 4.81. The Bertz CT molecular complexity index is 640. The van der Waals surface area contributed by atoms with Crippen molar-refractivity contribution >= 4 is 17.6 Å². The molecule has 0 saturated carbocycles. The molecule has 1 unspecified atom stereocenters. The van der Waals surface area contributed by atoms with Crippen molar-refractivity contribution < 1.29 is 37.0 Å². The first-order valence-electron chi connectivity index (χ1n) is 6.91. The highest BCUT2D eigenvalue weighted by Gasteiger charge is 2.30. The highest BCUT2D eigenvalue weighted by molar-refractivity contribution is 5.96. The lowest BCUT2D eigenvalue weighted by atomic mass is 10.2. The smallest absolute Gasteiger partial charge is 0.416 e. The second-order valence-electron chi connectivity index (χ2n) is 4.81. The molecule has 0 aliphatic carbocycles. The lowest BCUT2D eigenvalue weighted by Gasteiger charge is -2.17. The fourth-order valence-electron chi connectivity index (χ4n) is 1.73. The Morgan fingerprint density at radius 2 is 1.88 bits per heavy atom. The van der Waals surface area contributed by atoms with Crippen molar-refractivity contribution in [2.24, 2.45) is 0 Å². The summed E-state index contributed by atoms with van der Waals surface area (Å²) in [5, 5.41) is 2.35. The van der Waals surface area contributed by atoms with Crippen LogP contribution in [0.4, 0.5) is 18.9 Å². The summed E-state index contributed by atoms with van der Waals surface area (Å²) < 4.78 is 52.2. The average molecular weight is 345 g/mol. The SMILES string of the molecule is CC(OC(=O)C1=COCCO1)C(=O)Nc1ccc(C(F)(F)F)cc1. The summed E-state index contributed by atoms with van der Waals surface area (Å²) in [4.78, 5) is 23.6. The molecule has 1 aromatic carbocycles. The summed E-state index contributed by atoms with van der Waals surface area (Å²) in [6.45, 7) is 1.81. The molecule has 0 radical (unpaired) electrons. The third-order valence-electron chi connectivity index (χ3n) is 2.98. The summed E-state index contributed by atoms with van der Waals surface area (Å²) in [6.07, 6.45) is -4.54. The quantitative estimate of drug-likeness (QED) is 0.849. The third kappa shape index (κ3) is 4.64. The zero-order chi connectivity index (χ0) is 17.7. The molecule has 2 rings (SSSR count). The first-order valence-corrected chi connectivity index (χ1v) is 6.91. The number of esters is 1. The Kier molecular flexibility index (Phi) is 5.32. The van der Waals surface area contributed by atoms with Gasteiger partial charge in [0.05, 0.1) is 5.56 Å². The number of alkyl halides is 3. The van der Waals surface area contributed by atoms with Crippen LogP contribution in [0.25, 0.3) is 0 Å². The molecule has 9 heteroatoms. The summed E-state index contributed by atoms with van der Waals surface area (Å²) in [5.74, 6) is -1.72. The fourth-order valence-corrected chi connectivity index (χ4v) is 1.73. The molecule has 1 aromatic rings. The number of carbonyl (C=O) groups is 2. The van der Waals surface area contributed by atoms with Gasteiger partial charge in [-0.05, 0) is 31.2 Å². The highest BCUT2D eigenvalue weighted by atomic mass is 19.4. The van der Waals surface area contributed by atoms with Gasteiger partial charge >= 0.3 is 12.1 Å². The highest BCUT2D eigenvalue weighted by Crippen LogP contribution is 2.29. The maximum Gasteiger partial charge on any atom is 0.416 e. The van der Waals surface area contributed by atoms with Crippen LogP contribution >= 0.6 is 0 Å². The van der Waals surface area contributed by atoms with E-state index < -0.39 is 29.7 Å². The lowest BCUT2D eigenvalue weighted by molar-refractivity contribution is -0.153. The predicted molar refractivity (Wildman–Crippen MR) is 75.6 cm³/mol. The first-order chi connectivity index (χ1) is 11.3. The van der Waals surface area contributed by atoms with E-state index in [9.17, 15) is 22.8 Å². The Hall–Kier alpha value is -2.71. The van der Waals surface area contributed by atoms with Crippen molar-refractivity contribution in [1.82, 2.24) is 0 Å². The first kappa shape index (κ1) is 17.6. The number of amides is 1. The van der Waals surface area contributed by atoms with E-state index in [0.717, 1.165) is 30.5 Å². The van der Waals surface area contributed by atoms with E-state index >= 15 is 0 Å². The van der Waals surface area contributed by atoms with Gasteiger partial charge < -0.3 is 19.5 Å². The zero-order valence-corrected chi connectivity index (χ0v) is 12.6. The largest absolute Gasteiger partial charge is 0.493 e. The minimum Gasteiger partial charge on any atom is -0.493 e. The minimum absolute atomic E-state index is 0.146. The molecule has 6 nitrogen and oxygen atoms in total. The molecular weight excluding hydrogens is 331 g/mol. The molecule has 0 aromatic heterocycles. The Morgan fingerprint density at radius 3 is 2.42 bits per heavy atom. The Morgan fingerprint density at radius 1 is 1.21 bits per heavy atom. The molecule has 1 heterocycles. The fraction of sp³-hybridized carbons (Fsp3) is 0.333. The maximum atomic E-state index is 12.5. The average Bonchev–Trinajstić information content (AvgIpc) is 2.55. The molecule has 1 aliphatic heterocycles. The molecule has 0 fully saturated rings. The van der Waals surface area contributed by atoms with Gasteiger partial charge in [-0.25, -0.2) is 4.79 Å². The van der Waals surface area contributed by atoms with Crippen LogP contribution in [0.2, 0.25) is 0 Å². The number of halogens is 3. The number of nitrogens with one attached hydrogen (secondary N) is 1. The zero-order valence-electron chi connectivity index (χ0n) is 12.6. The van der Waals surface area contributed by atoms with Gasteiger partial charge in [0.2, 0.25) is 5.76 Å². The molecule has 1 amide bonds. The van der Waals surface area contributed by atoms with Crippen LogP contribution in [-0.4, -0.2) is 31.2 Å². The molecular formula is C15H14F3NO5. The van der Waals surface area contributed by atoms with Gasteiger partial charge in [0.15, 0.2) is 6.10 Å². The van der Waals surface area contributed by atoms with Crippen LogP contribution in [0, 0.1) is 0 Å². The summed E-state index contributed by atoms with van der Waals surface area (Å²) in [5.41, 5.74) is -0.686. The van der Waals surface area contributed by atoms with Crippen LogP contribution in [0.15, 0.2) is 36.3 Å². The number of rotatable bonds is 4. The standard InChI is InChI=1S/C15H14F3NO5/c1-9(24-14(21)12-8-22-6-7-23-12)13(20)19-11-4-2-10(3-5-11)15(16,17)18/h2-5,8-9H,6-7H2,1H3,(H,19,20). The van der Waals surface area contributed by atoms with Crippen molar-refractivity contribution in [3.63, 3.8) is 0 Å². The van der Waals surface area contributed by atoms with E-state index in [1.54, 1.807) is 0 Å². The van der Waals surface area contributed by atoms with E-state index in [1.807, 2.05) is 0 Å². The van der Waals surface area contributed by atoms with Crippen LogP contribution in [-0.2, 0) is 30.0 Å². The number of ether oxygens (including phenoxy) is 3. The number of anilines is 1. The van der Waals surface area contributed by atoms with Crippen molar-refractivity contribution in [2.45, 2.75) is 19.2 Å². The summed E-state index contributed by atoms with van der Waals surface area (Å²) in [6, 6.07) is 3.89. The van der Waals surface area contributed by atoms with Gasteiger partial charge in [-0.2, -0.15) is 13.2 Å². The number of hydrogen-bond acceptors (Lipinski definition) is 5. The van der Waals surface area contributed by atoms with E-state index in [0.29, 0.717) is 6.61 Å². The van der Waals surface area contributed by atoms with Crippen molar-refractivity contribution in [2.75, 3.05) is 18.5 Å². The molecule has 1 aliphatic rings. The molecule has 24 heavy (non-hydrogen) atoms. The minimum atomic E-state index is -4.46. The van der Waals surface area contributed by atoms with Gasteiger partial charge in [0.1, 0.15) is 19.5 Å². The van der Waals surface area contributed by atoms with Crippen LogP contribution in [0.1, 0.15) is 12.5 Å². The van der Waals surface area contributed by atoms with Crippen molar-refractivity contribution in [1.29, 1.82) is 0 Å². The number of carbonyl (C=O) groups excluding carboxylic acids is 2. The predicted octanol–water partition coefficient (Wildman–Crippen LogP) is 2.46. The monoisotopic (exact) mass is 345 g/mol. The van der Waals surface area contributed by atoms with Crippen LogP contribution in [0.5, 0.6) is 0 Å². The van der Waals surface area contributed by atoms with Crippen molar-refractivity contribution in [3.05, 3.63) is 41.9 Å². The molecule has 130 valence electrons. The van der Waals surface area contributed by atoms with Gasteiger partial charge in [-0.3, -0.25) is 4.79 Å². The van der Waals surface area contributed by atoms with Crippen molar-refractivity contribution in [3.8, 4) is 0 Å². The molecule has 0 spiro atoms. The molecule has 0 bridgehead atoms. The van der Waals surface area contributed by atoms with E-state index in [2.05, 4.69) is 5.32 Å². The van der Waals surface area contributed by atoms with Gasteiger partial charge in [0.25, 0.3) is 5.91 Å². The summed E-state index contributed by atoms with van der Waals surface area (Å²) >= 11 is 0. The third-order valence-corrected chi connectivity index (χ3v) is 2.98. The Balaban J connectivity index is 1.91. The maximum absolute atomic E-state index is 12.5. The summed E-state index contributed by atoms with van der Waals surface area (Å²) in [7, 11) is 0. The normalized spacial score (nSPS) is 15.4. The molecule has 0 saturated heterocycles. The van der Waals surface area contributed by atoms with E-state index in [1.165, 1.54) is 6.92 Å². The lowest BCUT2D eigenvalue weighted by Crippen LogP contribution is -2.31. The number of hydrogen-bond donors (Lipinski definition) is 1. The molecule has 1 N–H and O–H groups in total. The number of benzene rings is 1. The van der Waals surface area contributed by atoms with Gasteiger partial charge in [-0.15, -0.1) is 0 Å². The van der Waals surface area contributed by atoms with Gasteiger partial charge in [0, 0.05) is 5.69 Å². The van der Waals surface area contributed by atoms with Gasteiger partial charge in [-0.1, -0.05) is 0 Å². The van der Waals surface area contributed by atoms with E-state index in [-0.39, 0.29) is 18.1 Å². The Labute approximate surface area is 135 Å². The second kappa shape index (κ2) is 7.24. The van der Waals surface area contributed by atoms with Crippen LogP contribution in [0.3, 0.4) is 0 Å².